The fraction of sp³-hybridized carbons (Fsp3) is 0.583. The molecule has 3 saturated heterocycles. The number of alkyl halides is 2. The van der Waals surface area contributed by atoms with Gasteiger partial charge in [-0.25, -0.2) is 13.6 Å². The van der Waals surface area contributed by atoms with Crippen LogP contribution >= 0.6 is 11.6 Å². The number of nitrogens with zero attached hydrogens (tertiary/aromatic N) is 3. The summed E-state index contributed by atoms with van der Waals surface area (Å²) < 4.78 is 30.5. The molecule has 5 nitrogen and oxygen atoms in total. The Morgan fingerprint density at radius 3 is 2.41 bits per heavy atom. The van der Waals surface area contributed by atoms with Gasteiger partial charge >= 0.3 is 6.03 Å². The molecule has 0 aliphatic carbocycles. The summed E-state index contributed by atoms with van der Waals surface area (Å²) in [5.41, 5.74) is -0.383. The standard InChI is InChI=1S/C24H30ClF2N3O2/c1-4-20(31)29-14-23(15-29)10-11-28(16-24(23,26)27)21(32)30-12-9-22(2,3)13-19(30)17-7-5-6-8-18(17)25/h4-8,19H,1,9-16H2,2-3H3. The third-order valence-corrected chi connectivity index (χ3v) is 7.78. The van der Waals surface area contributed by atoms with Gasteiger partial charge in [0, 0.05) is 31.2 Å². The lowest BCUT2D eigenvalue weighted by Crippen LogP contribution is -2.71. The van der Waals surface area contributed by atoms with E-state index in [4.69, 9.17) is 11.6 Å². The molecule has 0 radical (unpaired) electrons. The zero-order valence-corrected chi connectivity index (χ0v) is 19.4. The Morgan fingerprint density at radius 2 is 1.78 bits per heavy atom. The van der Waals surface area contributed by atoms with Crippen molar-refractivity contribution >= 4 is 23.5 Å². The minimum atomic E-state index is -3.06. The molecule has 1 aromatic rings. The van der Waals surface area contributed by atoms with E-state index in [1.54, 1.807) is 11.0 Å². The van der Waals surface area contributed by atoms with Gasteiger partial charge in [-0.2, -0.15) is 0 Å². The second-order valence-electron chi connectivity index (χ2n) is 10.2. The predicted octanol–water partition coefficient (Wildman–Crippen LogP) is 4.98. The van der Waals surface area contributed by atoms with Crippen LogP contribution in [-0.2, 0) is 4.79 Å². The van der Waals surface area contributed by atoms with Gasteiger partial charge in [-0.05, 0) is 42.4 Å². The molecule has 1 spiro atoms. The maximum absolute atomic E-state index is 15.2. The van der Waals surface area contributed by atoms with Crippen molar-refractivity contribution in [2.45, 2.75) is 45.1 Å². The van der Waals surface area contributed by atoms with E-state index in [2.05, 4.69) is 20.4 Å². The molecule has 3 heterocycles. The molecule has 3 aliphatic heterocycles. The molecular formula is C24H30ClF2N3O2. The number of urea groups is 1. The molecule has 4 rings (SSSR count). The predicted molar refractivity (Wildman–Crippen MR) is 120 cm³/mol. The van der Waals surface area contributed by atoms with E-state index in [0.717, 1.165) is 24.5 Å². The van der Waals surface area contributed by atoms with Crippen molar-refractivity contribution in [1.29, 1.82) is 0 Å². The normalized spacial score (nSPS) is 25.9. The molecule has 1 atom stereocenters. The van der Waals surface area contributed by atoms with Crippen LogP contribution in [0.15, 0.2) is 36.9 Å². The molecule has 32 heavy (non-hydrogen) atoms. The van der Waals surface area contributed by atoms with E-state index >= 15 is 8.78 Å². The van der Waals surface area contributed by atoms with Gasteiger partial charge in [-0.1, -0.05) is 50.2 Å². The highest BCUT2D eigenvalue weighted by molar-refractivity contribution is 6.31. The molecular weight excluding hydrogens is 436 g/mol. The van der Waals surface area contributed by atoms with E-state index in [0.29, 0.717) is 11.6 Å². The van der Waals surface area contributed by atoms with Crippen LogP contribution in [0.2, 0.25) is 5.02 Å². The van der Waals surface area contributed by atoms with Crippen LogP contribution < -0.4 is 0 Å². The van der Waals surface area contributed by atoms with Crippen molar-refractivity contribution < 1.29 is 18.4 Å². The van der Waals surface area contributed by atoms with E-state index in [9.17, 15) is 9.59 Å². The summed E-state index contributed by atoms with van der Waals surface area (Å²) in [6, 6.07) is 6.82. The number of rotatable bonds is 2. The van der Waals surface area contributed by atoms with Crippen LogP contribution in [0.25, 0.3) is 0 Å². The molecule has 0 bridgehead atoms. The average molecular weight is 466 g/mol. The first-order valence-electron chi connectivity index (χ1n) is 11.1. The lowest BCUT2D eigenvalue weighted by Gasteiger charge is -2.57. The summed E-state index contributed by atoms with van der Waals surface area (Å²) >= 11 is 6.46. The van der Waals surface area contributed by atoms with Crippen molar-refractivity contribution in [1.82, 2.24) is 14.7 Å². The Morgan fingerprint density at radius 1 is 1.09 bits per heavy atom. The monoisotopic (exact) mass is 465 g/mol. The summed E-state index contributed by atoms with van der Waals surface area (Å²) in [4.78, 5) is 29.6. The van der Waals surface area contributed by atoms with Gasteiger partial charge in [-0.3, -0.25) is 4.79 Å². The number of carbonyl (C=O) groups excluding carboxylic acids is 2. The van der Waals surface area contributed by atoms with Crippen LogP contribution in [-0.4, -0.2) is 65.3 Å². The van der Waals surface area contributed by atoms with E-state index in [1.807, 2.05) is 18.2 Å². The molecule has 8 heteroatoms. The summed E-state index contributed by atoms with van der Waals surface area (Å²) in [5.74, 6) is -3.39. The van der Waals surface area contributed by atoms with Gasteiger partial charge in [-0.15, -0.1) is 0 Å². The van der Waals surface area contributed by atoms with Gasteiger partial charge in [0.25, 0.3) is 5.92 Å². The van der Waals surface area contributed by atoms with Gasteiger partial charge < -0.3 is 14.7 Å². The zero-order chi connectivity index (χ0) is 23.3. The van der Waals surface area contributed by atoms with Crippen LogP contribution in [0.1, 0.15) is 44.7 Å². The van der Waals surface area contributed by atoms with Crippen molar-refractivity contribution in [3.63, 3.8) is 0 Å². The SMILES string of the molecule is C=CC(=O)N1CC2(CCN(C(=O)N3CCC(C)(C)CC3c3ccccc3Cl)CC2(F)F)C1. The molecule has 1 aromatic carbocycles. The van der Waals surface area contributed by atoms with E-state index in [1.165, 1.54) is 9.80 Å². The fourth-order valence-electron chi connectivity index (χ4n) is 5.29. The maximum atomic E-state index is 15.2. The number of hydrogen-bond donors (Lipinski definition) is 0. The first kappa shape index (κ1) is 23.0. The number of hydrogen-bond acceptors (Lipinski definition) is 2. The van der Waals surface area contributed by atoms with Crippen LogP contribution in [0.5, 0.6) is 0 Å². The number of piperidine rings is 2. The van der Waals surface area contributed by atoms with E-state index < -0.39 is 17.9 Å². The molecule has 1 unspecified atom stereocenters. The van der Waals surface area contributed by atoms with Crippen LogP contribution in [0, 0.1) is 10.8 Å². The fourth-order valence-corrected chi connectivity index (χ4v) is 5.55. The minimum Gasteiger partial charge on any atom is -0.337 e. The van der Waals surface area contributed by atoms with Crippen molar-refractivity contribution in [3.05, 3.63) is 47.5 Å². The summed E-state index contributed by atoms with van der Waals surface area (Å²) in [7, 11) is 0. The minimum absolute atomic E-state index is 0.00698. The molecule has 0 N–H and O–H groups in total. The smallest absolute Gasteiger partial charge is 0.320 e. The number of benzene rings is 1. The third-order valence-electron chi connectivity index (χ3n) is 7.43. The van der Waals surface area contributed by atoms with Gasteiger partial charge in [0.1, 0.15) is 0 Å². The first-order valence-corrected chi connectivity index (χ1v) is 11.5. The van der Waals surface area contributed by atoms with Crippen LogP contribution in [0.4, 0.5) is 13.6 Å². The lowest BCUT2D eigenvalue weighted by atomic mass is 9.69. The van der Waals surface area contributed by atoms with Gasteiger partial charge in [0.05, 0.1) is 18.0 Å². The van der Waals surface area contributed by atoms with Crippen molar-refractivity contribution in [2.75, 3.05) is 32.7 Å². The van der Waals surface area contributed by atoms with Crippen molar-refractivity contribution in [3.8, 4) is 0 Å². The highest BCUT2D eigenvalue weighted by Crippen LogP contribution is 2.51. The third kappa shape index (κ3) is 3.89. The topological polar surface area (TPSA) is 43.9 Å². The molecule has 0 saturated carbocycles. The van der Waals surface area contributed by atoms with Crippen LogP contribution in [0.3, 0.4) is 0 Å². The number of likely N-dealkylation sites (tertiary alicyclic amines) is 3. The highest BCUT2D eigenvalue weighted by Gasteiger charge is 2.64. The largest absolute Gasteiger partial charge is 0.337 e. The second-order valence-corrected chi connectivity index (χ2v) is 10.6. The summed E-state index contributed by atoms with van der Waals surface area (Å²) in [5, 5.41) is 0.581. The molecule has 174 valence electrons. The molecule has 0 aromatic heterocycles. The lowest BCUT2D eigenvalue weighted by molar-refractivity contribution is -0.218. The van der Waals surface area contributed by atoms with Gasteiger partial charge in [0.2, 0.25) is 5.91 Å². The zero-order valence-electron chi connectivity index (χ0n) is 18.6. The van der Waals surface area contributed by atoms with Gasteiger partial charge in [0.15, 0.2) is 0 Å². The molecule has 3 aliphatic rings. The number of amides is 3. The Balaban J connectivity index is 1.52. The number of carbonyl (C=O) groups is 2. The van der Waals surface area contributed by atoms with Crippen molar-refractivity contribution in [2.24, 2.45) is 10.8 Å². The Labute approximate surface area is 193 Å². The highest BCUT2D eigenvalue weighted by atomic mass is 35.5. The Hall–Kier alpha value is -2.15. The first-order chi connectivity index (χ1) is 15.0. The van der Waals surface area contributed by atoms with E-state index in [-0.39, 0.29) is 49.5 Å². The molecule has 3 fully saturated rings. The average Bonchev–Trinajstić information content (AvgIpc) is 2.70. The maximum Gasteiger partial charge on any atom is 0.320 e. The Kier molecular flexibility index (Phi) is 5.76. The quantitative estimate of drug-likeness (QED) is 0.578. The summed E-state index contributed by atoms with van der Waals surface area (Å²) in [6.45, 7) is 7.87. The Bertz CT molecular complexity index is 930. The number of halogens is 3. The second kappa shape index (κ2) is 8.01. The summed E-state index contributed by atoms with van der Waals surface area (Å²) in [6.07, 6.45) is 2.83. The molecule has 3 amide bonds.